The molecular formula is C28H34ClF3N4O6. The Bertz CT molecular complexity index is 1450. The van der Waals surface area contributed by atoms with Gasteiger partial charge in [-0.1, -0.05) is 17.7 Å². The summed E-state index contributed by atoms with van der Waals surface area (Å²) in [6.45, 7) is 9.41. The van der Waals surface area contributed by atoms with E-state index < -0.39 is 41.4 Å². The Morgan fingerprint density at radius 1 is 1.05 bits per heavy atom. The molecule has 0 spiro atoms. The van der Waals surface area contributed by atoms with Gasteiger partial charge in [-0.25, -0.2) is 9.59 Å². The van der Waals surface area contributed by atoms with Crippen molar-refractivity contribution >= 4 is 40.4 Å². The molecule has 0 aliphatic heterocycles. The Hall–Kier alpha value is -3.71. The van der Waals surface area contributed by atoms with E-state index in [0.717, 1.165) is 6.07 Å². The molecule has 10 nitrogen and oxygen atoms in total. The number of amides is 1. The molecule has 0 aliphatic carbocycles. The van der Waals surface area contributed by atoms with Crippen LogP contribution in [0, 0.1) is 0 Å². The van der Waals surface area contributed by atoms with Gasteiger partial charge >= 0.3 is 18.4 Å². The van der Waals surface area contributed by atoms with Crippen molar-refractivity contribution in [2.75, 3.05) is 25.4 Å². The molecule has 0 saturated heterocycles. The molecule has 1 amide bonds. The first-order chi connectivity index (χ1) is 19.2. The van der Waals surface area contributed by atoms with Crippen molar-refractivity contribution in [2.24, 2.45) is 0 Å². The lowest BCUT2D eigenvalue weighted by molar-refractivity contribution is -0.140. The lowest BCUT2D eigenvalue weighted by atomic mass is 10.1. The van der Waals surface area contributed by atoms with Crippen molar-refractivity contribution in [3.05, 3.63) is 52.7 Å². The van der Waals surface area contributed by atoms with Crippen LogP contribution in [0.5, 0.6) is 5.75 Å². The number of nitrogen functional groups attached to an aromatic ring is 1. The van der Waals surface area contributed by atoms with Crippen LogP contribution in [-0.4, -0.2) is 62.9 Å². The van der Waals surface area contributed by atoms with E-state index in [-0.39, 0.29) is 42.0 Å². The van der Waals surface area contributed by atoms with Crippen LogP contribution in [0.3, 0.4) is 0 Å². The van der Waals surface area contributed by atoms with E-state index in [2.05, 4.69) is 5.10 Å². The number of aliphatic hydroxyl groups is 1. The van der Waals surface area contributed by atoms with E-state index in [1.54, 1.807) is 47.6 Å². The molecule has 1 unspecified atom stereocenters. The van der Waals surface area contributed by atoms with Crippen LogP contribution in [0.1, 0.15) is 58.9 Å². The number of carbonyl (C=O) groups is 2. The first kappa shape index (κ1) is 32.8. The molecule has 0 bridgehead atoms. The van der Waals surface area contributed by atoms with Gasteiger partial charge in [-0.2, -0.15) is 23.0 Å². The lowest BCUT2D eigenvalue weighted by Crippen LogP contribution is -2.41. The van der Waals surface area contributed by atoms with Crippen molar-refractivity contribution in [1.82, 2.24) is 14.7 Å². The summed E-state index contributed by atoms with van der Waals surface area (Å²) in [5, 5.41) is 14.3. The maximum absolute atomic E-state index is 13.6. The maximum atomic E-state index is 13.6. The topological polar surface area (TPSA) is 129 Å². The number of aromatic nitrogens is 2. The van der Waals surface area contributed by atoms with Gasteiger partial charge in [0.1, 0.15) is 23.6 Å². The zero-order valence-electron chi connectivity index (χ0n) is 24.1. The lowest BCUT2D eigenvalue weighted by Gasteiger charge is -2.29. The molecule has 14 heteroatoms. The van der Waals surface area contributed by atoms with E-state index in [1.165, 1.54) is 29.2 Å². The number of nitrogens with zero attached hydrogens (tertiary/aromatic N) is 3. The first-order valence-corrected chi connectivity index (χ1v) is 13.3. The summed E-state index contributed by atoms with van der Waals surface area (Å²) >= 11 is 5.96. The normalized spacial score (nSPS) is 13.1. The molecule has 1 atom stereocenters. The fourth-order valence-electron chi connectivity index (χ4n) is 3.78. The Balaban J connectivity index is 1.83. The number of fused-ring (bicyclic) bond motifs is 1. The van der Waals surface area contributed by atoms with E-state index in [0.29, 0.717) is 15.3 Å². The number of rotatable bonds is 7. The number of alkyl halides is 3. The average molecular weight is 615 g/mol. The second kappa shape index (κ2) is 12.3. The van der Waals surface area contributed by atoms with E-state index in [9.17, 15) is 27.9 Å². The molecule has 0 saturated carbocycles. The monoisotopic (exact) mass is 614 g/mol. The number of halogens is 4. The zero-order chi connectivity index (χ0) is 31.6. The van der Waals surface area contributed by atoms with Gasteiger partial charge in [0.05, 0.1) is 35.4 Å². The number of benzene rings is 2. The SMILES string of the molecule is CC(C)(C)OC(=O)N(CCOc1ccc2c(C(F)(F)F)nn(C(=O)OC(C)(C)C)c2c1)CC(O)c1ccc(Cl)c(N)c1. The summed E-state index contributed by atoms with van der Waals surface area (Å²) in [5.41, 5.74) is 3.30. The number of nitrogens with two attached hydrogens (primary N) is 1. The first-order valence-electron chi connectivity index (χ1n) is 12.9. The van der Waals surface area contributed by atoms with Crippen molar-refractivity contribution < 1.29 is 42.1 Å². The summed E-state index contributed by atoms with van der Waals surface area (Å²) in [7, 11) is 0. The Labute approximate surface area is 246 Å². The third-order valence-corrected chi connectivity index (χ3v) is 5.91. The minimum absolute atomic E-state index is 0.0633. The maximum Gasteiger partial charge on any atom is 0.435 e. The largest absolute Gasteiger partial charge is 0.492 e. The van der Waals surface area contributed by atoms with Crippen molar-refractivity contribution in [3.8, 4) is 5.75 Å². The van der Waals surface area contributed by atoms with Crippen molar-refractivity contribution in [3.63, 3.8) is 0 Å². The average Bonchev–Trinajstić information content (AvgIpc) is 3.22. The van der Waals surface area contributed by atoms with Crippen LogP contribution in [0.15, 0.2) is 36.4 Å². The highest BCUT2D eigenvalue weighted by Gasteiger charge is 2.38. The molecule has 42 heavy (non-hydrogen) atoms. The predicted molar refractivity (Wildman–Crippen MR) is 150 cm³/mol. The summed E-state index contributed by atoms with van der Waals surface area (Å²) in [5.74, 6) is 0.107. The molecular weight excluding hydrogens is 581 g/mol. The van der Waals surface area contributed by atoms with Gasteiger partial charge in [0.15, 0.2) is 5.69 Å². The fraction of sp³-hybridized carbons (Fsp3) is 0.464. The molecule has 0 fully saturated rings. The fourth-order valence-corrected chi connectivity index (χ4v) is 3.90. The number of ether oxygens (including phenoxy) is 3. The van der Waals surface area contributed by atoms with Gasteiger partial charge in [-0.3, -0.25) is 0 Å². The van der Waals surface area contributed by atoms with Crippen LogP contribution in [0.4, 0.5) is 28.4 Å². The van der Waals surface area contributed by atoms with Crippen LogP contribution in [0.25, 0.3) is 10.9 Å². The second-order valence-electron chi connectivity index (χ2n) is 11.5. The zero-order valence-corrected chi connectivity index (χ0v) is 24.8. The quantitative estimate of drug-likeness (QED) is 0.292. The molecule has 1 aromatic heterocycles. The van der Waals surface area contributed by atoms with E-state index in [4.69, 9.17) is 31.5 Å². The van der Waals surface area contributed by atoms with Gasteiger partial charge in [0.25, 0.3) is 0 Å². The van der Waals surface area contributed by atoms with Gasteiger partial charge in [0, 0.05) is 11.5 Å². The van der Waals surface area contributed by atoms with Gasteiger partial charge in [-0.05, 0) is 71.4 Å². The van der Waals surface area contributed by atoms with Gasteiger partial charge < -0.3 is 30.0 Å². The highest BCUT2D eigenvalue weighted by molar-refractivity contribution is 6.33. The molecule has 0 aliphatic rings. The van der Waals surface area contributed by atoms with Crippen LogP contribution < -0.4 is 10.5 Å². The third kappa shape index (κ3) is 8.65. The summed E-state index contributed by atoms with van der Waals surface area (Å²) in [6, 6.07) is 8.26. The van der Waals surface area contributed by atoms with Gasteiger partial charge in [0.2, 0.25) is 0 Å². The summed E-state index contributed by atoms with van der Waals surface area (Å²) in [4.78, 5) is 26.8. The molecule has 230 valence electrons. The molecule has 2 aromatic carbocycles. The standard InChI is InChI=1S/C28H34ClF3N4O6/c1-26(2,3)41-24(38)35(15-22(37)16-7-10-19(29)20(33)13-16)11-12-40-17-8-9-18-21(14-17)36(25(39)42-27(4,5)6)34-23(18)28(30,31)32/h7-10,13-14,22,37H,11-12,15,33H2,1-6H3. The van der Waals surface area contributed by atoms with Crippen LogP contribution >= 0.6 is 11.6 Å². The van der Waals surface area contributed by atoms with Crippen molar-refractivity contribution in [1.29, 1.82) is 0 Å². The Morgan fingerprint density at radius 3 is 2.26 bits per heavy atom. The molecule has 3 rings (SSSR count). The van der Waals surface area contributed by atoms with Gasteiger partial charge in [-0.15, -0.1) is 0 Å². The summed E-state index contributed by atoms with van der Waals surface area (Å²) < 4.78 is 57.9. The summed E-state index contributed by atoms with van der Waals surface area (Å²) in [6.07, 6.45) is -7.77. The molecule has 3 aromatic rings. The third-order valence-electron chi connectivity index (χ3n) is 5.57. The number of anilines is 1. The van der Waals surface area contributed by atoms with E-state index in [1.807, 2.05) is 0 Å². The molecule has 3 N–H and O–H groups in total. The highest BCUT2D eigenvalue weighted by atomic mass is 35.5. The number of hydrogen-bond acceptors (Lipinski definition) is 8. The molecule has 1 heterocycles. The Kier molecular flexibility index (Phi) is 9.57. The second-order valence-corrected chi connectivity index (χ2v) is 11.9. The number of aliphatic hydroxyl groups excluding tert-OH is 1. The van der Waals surface area contributed by atoms with E-state index >= 15 is 0 Å². The minimum Gasteiger partial charge on any atom is -0.492 e. The highest BCUT2D eigenvalue weighted by Crippen LogP contribution is 2.35. The number of hydrogen-bond donors (Lipinski definition) is 2. The van der Waals surface area contributed by atoms with Crippen LogP contribution in [-0.2, 0) is 15.7 Å². The predicted octanol–water partition coefficient (Wildman–Crippen LogP) is 6.42. The van der Waals surface area contributed by atoms with Crippen molar-refractivity contribution in [2.45, 2.75) is 65.0 Å². The number of carbonyl (C=O) groups excluding carboxylic acids is 2. The Morgan fingerprint density at radius 2 is 1.69 bits per heavy atom. The van der Waals surface area contributed by atoms with Crippen LogP contribution in [0.2, 0.25) is 5.02 Å². The minimum atomic E-state index is -4.82. The molecule has 0 radical (unpaired) electrons. The smallest absolute Gasteiger partial charge is 0.435 e.